The fourth-order valence-electron chi connectivity index (χ4n) is 0.0971. The highest BCUT2D eigenvalue weighted by Gasteiger charge is 2.11. The van der Waals surface area contributed by atoms with Crippen LogP contribution in [-0.4, -0.2) is 16.0 Å². The molecule has 0 aromatic carbocycles. The third kappa shape index (κ3) is 17.6. The van der Waals surface area contributed by atoms with Crippen LogP contribution in [0, 0.1) is 0 Å². The minimum Gasteiger partial charge on any atom is -0.302 e. The maximum atomic E-state index is 9.68. The van der Waals surface area contributed by atoms with Gasteiger partial charge in [0.05, 0.1) is 0 Å². The van der Waals surface area contributed by atoms with Crippen molar-refractivity contribution < 1.29 is 18.3 Å². The molecule has 0 rings (SSSR count). The predicted octanol–water partition coefficient (Wildman–Crippen LogP) is 1.22. The Morgan fingerprint density at radius 3 is 1.78 bits per heavy atom. The van der Waals surface area contributed by atoms with Crippen molar-refractivity contribution in [2.75, 3.05) is 6.26 Å². The third-order valence-electron chi connectivity index (χ3n) is 0.172. The molecule has 0 saturated heterocycles. The summed E-state index contributed by atoms with van der Waals surface area (Å²) in [5, 5.41) is 0. The molecule has 0 fully saturated rings. The van der Waals surface area contributed by atoms with E-state index >= 15 is 0 Å². The number of hydrogen-bond acceptors (Lipinski definition) is 3. The van der Waals surface area contributed by atoms with E-state index in [1.54, 1.807) is 0 Å². The van der Waals surface area contributed by atoms with Crippen LogP contribution < -0.4 is 0 Å². The van der Waals surface area contributed by atoms with Gasteiger partial charge in [-0.3, -0.25) is 0 Å². The molecule has 4 nitrogen and oxygen atoms in total. The molecule has 60 valence electrons. The summed E-state index contributed by atoms with van der Waals surface area (Å²) in [6, 6.07) is 0. The van der Waals surface area contributed by atoms with Gasteiger partial charge >= 0.3 is 7.82 Å². The van der Waals surface area contributed by atoms with Crippen LogP contribution in [0.15, 0.2) is 0 Å². The normalized spacial score (nSPS) is 9.22. The lowest BCUT2D eigenvalue weighted by Gasteiger charge is -1.96. The molecule has 0 aliphatic heterocycles. The van der Waals surface area contributed by atoms with Gasteiger partial charge < -0.3 is 9.79 Å². The first-order valence-corrected chi connectivity index (χ1v) is 4.02. The summed E-state index contributed by atoms with van der Waals surface area (Å²) in [7, 11) is -4.20. The summed E-state index contributed by atoms with van der Waals surface area (Å²) in [6.45, 7) is 0. The molecule has 8 heteroatoms. The smallest absolute Gasteiger partial charge is 0.302 e. The van der Waals surface area contributed by atoms with Gasteiger partial charge in [0, 0.05) is 18.3 Å². The van der Waals surface area contributed by atoms with E-state index in [0.717, 1.165) is 0 Å². The summed E-state index contributed by atoms with van der Waals surface area (Å²) >= 11 is 0.645. The van der Waals surface area contributed by atoms with Crippen molar-refractivity contribution in [3.05, 3.63) is 0 Å². The van der Waals surface area contributed by atoms with Crippen LogP contribution in [0.25, 0.3) is 0 Å². The van der Waals surface area contributed by atoms with E-state index < -0.39 is 7.82 Å². The van der Waals surface area contributed by atoms with Gasteiger partial charge in [-0.15, -0.1) is 24.8 Å². The summed E-state index contributed by atoms with van der Waals surface area (Å²) in [5.41, 5.74) is 0. The van der Waals surface area contributed by atoms with Crippen LogP contribution in [0.5, 0.6) is 0 Å². The van der Waals surface area contributed by atoms with Crippen molar-refractivity contribution in [3.63, 3.8) is 0 Å². The van der Waals surface area contributed by atoms with Crippen molar-refractivity contribution in [3.8, 4) is 0 Å². The maximum absolute atomic E-state index is 9.68. The Balaban J connectivity index is -0.000000180. The Labute approximate surface area is 69.6 Å². The zero-order chi connectivity index (χ0) is 5.91. The van der Waals surface area contributed by atoms with Gasteiger partial charge in [0.25, 0.3) is 0 Å². The van der Waals surface area contributed by atoms with E-state index in [1.807, 2.05) is 0 Å². The van der Waals surface area contributed by atoms with Gasteiger partial charge in [0.15, 0.2) is 0 Å². The minimum absolute atomic E-state index is 0. The number of phosphoric acid groups is 1. The Bertz CT molecular complexity index is 92.6. The SMILES string of the molecule is CSOP(=O)(O)O.Cl.Cl. The molecule has 0 aromatic heterocycles. The Hall–Kier alpha value is 1.04. The van der Waals surface area contributed by atoms with E-state index in [2.05, 4.69) is 3.97 Å². The molecule has 0 unspecified atom stereocenters. The molecular formula is CH7Cl2O4PS. The average Bonchev–Trinajstić information content (AvgIpc) is 1.30. The van der Waals surface area contributed by atoms with Gasteiger partial charge in [0.2, 0.25) is 0 Å². The first-order chi connectivity index (χ1) is 3.06. The Morgan fingerprint density at radius 1 is 1.44 bits per heavy atom. The largest absolute Gasteiger partial charge is 0.480 e. The van der Waals surface area contributed by atoms with Gasteiger partial charge in [-0.1, -0.05) is 0 Å². The van der Waals surface area contributed by atoms with Crippen LogP contribution in [0.3, 0.4) is 0 Å². The monoisotopic (exact) mass is 216 g/mol. The summed E-state index contributed by atoms with van der Waals surface area (Å²) < 4.78 is 13.5. The Kier molecular flexibility index (Phi) is 13.2. The van der Waals surface area contributed by atoms with Gasteiger partial charge in [0.1, 0.15) is 0 Å². The fraction of sp³-hybridized carbons (Fsp3) is 1.00. The quantitative estimate of drug-likeness (QED) is 0.537. The maximum Gasteiger partial charge on any atom is 0.480 e. The second-order valence-corrected chi connectivity index (χ2v) is 2.64. The molecule has 0 aromatic rings. The average molecular weight is 217 g/mol. The van der Waals surface area contributed by atoms with Crippen LogP contribution >= 0.6 is 44.7 Å². The highest BCUT2D eigenvalue weighted by molar-refractivity contribution is 7.97. The molecule has 0 spiro atoms. The van der Waals surface area contributed by atoms with Crippen LogP contribution in [0.1, 0.15) is 0 Å². The molecule has 0 atom stereocenters. The van der Waals surface area contributed by atoms with Crippen molar-refractivity contribution >= 4 is 44.7 Å². The number of hydrogen-bond donors (Lipinski definition) is 2. The zero-order valence-electron chi connectivity index (χ0n) is 4.38. The van der Waals surface area contributed by atoms with Crippen molar-refractivity contribution in [1.82, 2.24) is 0 Å². The second-order valence-electron chi connectivity index (χ2n) is 0.732. The molecule has 0 aliphatic carbocycles. The molecule has 2 N–H and O–H groups in total. The van der Waals surface area contributed by atoms with Crippen LogP contribution in [0.4, 0.5) is 0 Å². The van der Waals surface area contributed by atoms with Crippen molar-refractivity contribution in [1.29, 1.82) is 0 Å². The van der Waals surface area contributed by atoms with Gasteiger partial charge in [-0.05, 0) is 0 Å². The topological polar surface area (TPSA) is 66.8 Å². The molecule has 0 saturated carbocycles. The molecule has 0 radical (unpaired) electrons. The lowest BCUT2D eigenvalue weighted by Crippen LogP contribution is -1.74. The predicted molar refractivity (Wildman–Crippen MR) is 41.1 cm³/mol. The summed E-state index contributed by atoms with van der Waals surface area (Å²) in [5.74, 6) is 0. The zero-order valence-corrected chi connectivity index (χ0v) is 7.73. The summed E-state index contributed by atoms with van der Waals surface area (Å²) in [6.07, 6.45) is 1.43. The van der Waals surface area contributed by atoms with E-state index in [0.29, 0.717) is 12.0 Å². The molecule has 0 heterocycles. The molecule has 0 amide bonds. The standard InChI is InChI=1S/CH5O4PS.2ClH/c1-7-5-6(2,3)4;;/h1H3,(H2,2,3,4);2*1H. The number of rotatable bonds is 2. The highest BCUT2D eigenvalue weighted by atomic mass is 35.5. The van der Waals surface area contributed by atoms with E-state index in [1.165, 1.54) is 6.26 Å². The fourth-order valence-corrected chi connectivity index (χ4v) is 0.874. The molecular weight excluding hydrogens is 210 g/mol. The lowest BCUT2D eigenvalue weighted by molar-refractivity contribution is 0.299. The van der Waals surface area contributed by atoms with Crippen molar-refractivity contribution in [2.45, 2.75) is 0 Å². The highest BCUT2D eigenvalue weighted by Crippen LogP contribution is 2.39. The first-order valence-electron chi connectivity index (χ1n) is 1.34. The van der Waals surface area contributed by atoms with E-state index in [9.17, 15) is 4.57 Å². The van der Waals surface area contributed by atoms with Gasteiger partial charge in [-0.2, -0.15) is 0 Å². The number of halogens is 2. The first kappa shape index (κ1) is 16.6. The minimum atomic E-state index is -4.20. The Morgan fingerprint density at radius 2 is 1.78 bits per heavy atom. The molecule has 9 heavy (non-hydrogen) atoms. The van der Waals surface area contributed by atoms with Crippen molar-refractivity contribution in [2.24, 2.45) is 0 Å². The van der Waals surface area contributed by atoms with E-state index in [-0.39, 0.29) is 24.8 Å². The lowest BCUT2D eigenvalue weighted by atomic mass is 12.0. The second kappa shape index (κ2) is 7.15. The molecule has 0 bridgehead atoms. The molecule has 0 aliphatic rings. The van der Waals surface area contributed by atoms with E-state index in [4.69, 9.17) is 9.79 Å². The van der Waals surface area contributed by atoms with Gasteiger partial charge in [-0.25, -0.2) is 8.54 Å². The van der Waals surface area contributed by atoms with Crippen LogP contribution in [-0.2, 0) is 8.54 Å². The summed E-state index contributed by atoms with van der Waals surface area (Å²) in [4.78, 5) is 15.8. The third-order valence-corrected chi connectivity index (χ3v) is 1.54. The van der Waals surface area contributed by atoms with Crippen LogP contribution in [0.2, 0.25) is 0 Å².